The number of hydrogen-bond donors (Lipinski definition) is 1. The van der Waals surface area contributed by atoms with Crippen LogP contribution < -0.4 is 10.2 Å². The Morgan fingerprint density at radius 2 is 1.91 bits per heavy atom. The summed E-state index contributed by atoms with van der Waals surface area (Å²) in [5, 5.41) is 3.72. The number of ether oxygens (including phenoxy) is 1. The van der Waals surface area contributed by atoms with Gasteiger partial charge in [-0.1, -0.05) is 17.7 Å². The monoisotopic (exact) mass is 484 g/mol. The Morgan fingerprint density at radius 1 is 1.12 bits per heavy atom. The van der Waals surface area contributed by atoms with Crippen LogP contribution in [0.25, 0.3) is 11.5 Å². The lowest BCUT2D eigenvalue weighted by Gasteiger charge is -2.36. The van der Waals surface area contributed by atoms with E-state index in [1.54, 1.807) is 35.1 Å². The Kier molecular flexibility index (Phi) is 7.59. The van der Waals surface area contributed by atoms with E-state index in [4.69, 9.17) is 20.8 Å². The lowest BCUT2D eigenvalue weighted by Crippen LogP contribution is -2.48. The summed E-state index contributed by atoms with van der Waals surface area (Å²) in [7, 11) is 1.32. The van der Waals surface area contributed by atoms with Crippen molar-refractivity contribution in [1.82, 2.24) is 14.8 Å². The van der Waals surface area contributed by atoms with E-state index < -0.39 is 5.97 Å². The van der Waals surface area contributed by atoms with Crippen LogP contribution in [-0.2, 0) is 16.1 Å². The summed E-state index contributed by atoms with van der Waals surface area (Å²) in [6.07, 6.45) is 1.55. The van der Waals surface area contributed by atoms with Gasteiger partial charge in [0.2, 0.25) is 5.91 Å². The van der Waals surface area contributed by atoms with Crippen molar-refractivity contribution in [1.29, 1.82) is 0 Å². The third kappa shape index (κ3) is 5.46. The molecule has 9 heteroatoms. The van der Waals surface area contributed by atoms with Crippen molar-refractivity contribution < 1.29 is 18.7 Å². The fraction of sp³-hybridized carbons (Fsp3) is 0.360. The van der Waals surface area contributed by atoms with Gasteiger partial charge in [0.05, 0.1) is 19.1 Å². The molecule has 1 saturated heterocycles. The first-order valence-corrected chi connectivity index (χ1v) is 11.7. The van der Waals surface area contributed by atoms with E-state index in [0.29, 0.717) is 23.7 Å². The zero-order valence-electron chi connectivity index (χ0n) is 19.4. The molecule has 1 amide bonds. The molecular formula is C25H29ClN4O4. The molecule has 1 aliphatic heterocycles. The lowest BCUT2D eigenvalue weighted by atomic mass is 10.1. The highest BCUT2D eigenvalue weighted by atomic mass is 35.5. The molecule has 0 saturated carbocycles. The summed E-state index contributed by atoms with van der Waals surface area (Å²) in [6.45, 7) is 7.02. The quantitative estimate of drug-likeness (QED) is 0.493. The number of furan rings is 1. The van der Waals surface area contributed by atoms with Gasteiger partial charge in [0, 0.05) is 50.0 Å². The maximum Gasteiger partial charge on any atom is 0.354 e. The number of hydrogen-bond acceptors (Lipinski definition) is 6. The number of anilines is 1. The van der Waals surface area contributed by atoms with Crippen molar-refractivity contribution in [3.8, 4) is 11.5 Å². The van der Waals surface area contributed by atoms with E-state index >= 15 is 0 Å². The van der Waals surface area contributed by atoms with Gasteiger partial charge < -0.3 is 23.9 Å². The fourth-order valence-corrected chi connectivity index (χ4v) is 4.42. The van der Waals surface area contributed by atoms with Crippen LogP contribution in [-0.4, -0.2) is 67.7 Å². The number of nitrogens with one attached hydrogen (secondary N) is 1. The topological polar surface area (TPSA) is 79.9 Å². The minimum Gasteiger partial charge on any atom is -0.464 e. The van der Waals surface area contributed by atoms with Crippen molar-refractivity contribution in [2.75, 3.05) is 51.3 Å². The number of nitrogens with zero attached hydrogens (tertiary/aromatic N) is 3. The van der Waals surface area contributed by atoms with Crippen LogP contribution in [0.2, 0.25) is 5.02 Å². The Balaban J connectivity index is 1.29. The molecule has 3 aromatic rings. The molecule has 1 N–H and O–H groups in total. The van der Waals surface area contributed by atoms with Crippen molar-refractivity contribution in [2.24, 2.45) is 0 Å². The van der Waals surface area contributed by atoms with E-state index in [9.17, 15) is 9.59 Å². The van der Waals surface area contributed by atoms with E-state index in [1.165, 1.54) is 18.4 Å². The first kappa shape index (κ1) is 23.9. The summed E-state index contributed by atoms with van der Waals surface area (Å²) in [5.74, 6) is -0.100. The smallest absolute Gasteiger partial charge is 0.354 e. The van der Waals surface area contributed by atoms with Crippen LogP contribution >= 0.6 is 11.6 Å². The highest BCUT2D eigenvalue weighted by Crippen LogP contribution is 2.25. The fourth-order valence-electron chi connectivity index (χ4n) is 4.25. The number of methoxy groups -OCH3 is 1. The van der Waals surface area contributed by atoms with Crippen LogP contribution in [0.5, 0.6) is 0 Å². The van der Waals surface area contributed by atoms with Gasteiger partial charge >= 0.3 is 5.97 Å². The number of carbonyl (C=O) groups excluding carboxylic acids is 2. The van der Waals surface area contributed by atoms with Gasteiger partial charge in [-0.05, 0) is 48.9 Å². The molecule has 0 atom stereocenters. The van der Waals surface area contributed by atoms with Crippen LogP contribution in [0, 0.1) is 6.92 Å². The molecule has 8 nitrogen and oxygen atoms in total. The highest BCUT2D eigenvalue weighted by molar-refractivity contribution is 6.30. The second-order valence-corrected chi connectivity index (χ2v) is 8.70. The van der Waals surface area contributed by atoms with E-state index in [0.717, 1.165) is 37.7 Å². The van der Waals surface area contributed by atoms with Gasteiger partial charge in [-0.15, -0.1) is 0 Å². The minimum absolute atomic E-state index is 0.00467. The molecule has 1 fully saturated rings. The molecule has 0 aliphatic carbocycles. The summed E-state index contributed by atoms with van der Waals surface area (Å²) in [5.41, 5.74) is 3.35. The standard InChI is InChI=1S/C25H29ClN4O4/c1-18-5-6-19(26)16-22(18)29-13-11-28(12-14-29)10-9-27-24(31)17-30-20(23-4-3-15-34-23)7-8-21(30)25(32)33-2/h3-8,15-16H,9-14,17H2,1-2H3,(H,27,31). The average molecular weight is 485 g/mol. The van der Waals surface area contributed by atoms with E-state index in [-0.39, 0.29) is 12.5 Å². The molecule has 2 aromatic heterocycles. The van der Waals surface area contributed by atoms with Crippen LogP contribution in [0.3, 0.4) is 0 Å². The predicted octanol–water partition coefficient (Wildman–Crippen LogP) is 3.43. The van der Waals surface area contributed by atoms with Crippen LogP contribution in [0.15, 0.2) is 53.1 Å². The number of benzene rings is 1. The number of amides is 1. The Hall–Kier alpha value is -3.23. The minimum atomic E-state index is -0.501. The number of carbonyl (C=O) groups is 2. The number of esters is 1. The van der Waals surface area contributed by atoms with E-state index in [1.807, 2.05) is 18.2 Å². The second kappa shape index (κ2) is 10.8. The Morgan fingerprint density at radius 3 is 2.62 bits per heavy atom. The maximum atomic E-state index is 12.7. The molecule has 3 heterocycles. The predicted molar refractivity (Wildman–Crippen MR) is 131 cm³/mol. The summed E-state index contributed by atoms with van der Waals surface area (Å²) in [6, 6.07) is 12.9. The maximum absolute atomic E-state index is 12.7. The van der Waals surface area contributed by atoms with Gasteiger partial charge in [0.25, 0.3) is 0 Å². The van der Waals surface area contributed by atoms with Crippen molar-refractivity contribution in [3.63, 3.8) is 0 Å². The van der Waals surface area contributed by atoms with Gasteiger partial charge in [-0.3, -0.25) is 9.69 Å². The molecule has 1 aromatic carbocycles. The average Bonchev–Trinajstić information content (AvgIpc) is 3.51. The first-order chi connectivity index (χ1) is 16.5. The van der Waals surface area contributed by atoms with Crippen molar-refractivity contribution in [3.05, 3.63) is 65.0 Å². The van der Waals surface area contributed by atoms with Gasteiger partial charge in [0.1, 0.15) is 18.0 Å². The molecule has 1 aliphatic rings. The Bertz CT molecular complexity index is 1130. The van der Waals surface area contributed by atoms with Crippen LogP contribution in [0.1, 0.15) is 16.1 Å². The van der Waals surface area contributed by atoms with E-state index in [2.05, 4.69) is 22.0 Å². The first-order valence-electron chi connectivity index (χ1n) is 11.3. The third-order valence-electron chi connectivity index (χ3n) is 6.08. The van der Waals surface area contributed by atoms with Gasteiger partial charge in [-0.2, -0.15) is 0 Å². The zero-order valence-corrected chi connectivity index (χ0v) is 20.2. The number of rotatable bonds is 8. The number of aryl methyl sites for hydroxylation is 1. The SMILES string of the molecule is COC(=O)c1ccc(-c2ccco2)n1CC(=O)NCCN1CCN(c2cc(Cl)ccc2C)CC1. The lowest BCUT2D eigenvalue weighted by molar-refractivity contribution is -0.121. The van der Waals surface area contributed by atoms with Crippen LogP contribution in [0.4, 0.5) is 5.69 Å². The molecule has 0 radical (unpaired) electrons. The molecule has 180 valence electrons. The molecule has 4 rings (SSSR count). The van der Waals surface area contributed by atoms with Gasteiger partial charge in [0.15, 0.2) is 0 Å². The summed E-state index contributed by atoms with van der Waals surface area (Å²) >= 11 is 6.18. The largest absolute Gasteiger partial charge is 0.464 e. The molecule has 0 spiro atoms. The summed E-state index contributed by atoms with van der Waals surface area (Å²) < 4.78 is 11.9. The molecule has 34 heavy (non-hydrogen) atoms. The number of aromatic nitrogens is 1. The van der Waals surface area contributed by atoms with Gasteiger partial charge in [-0.25, -0.2) is 4.79 Å². The van der Waals surface area contributed by atoms with Crippen molar-refractivity contribution >= 4 is 29.2 Å². The molecule has 0 unspecified atom stereocenters. The normalized spacial score (nSPS) is 14.3. The molecular weight excluding hydrogens is 456 g/mol. The number of piperazine rings is 1. The highest BCUT2D eigenvalue weighted by Gasteiger charge is 2.21. The van der Waals surface area contributed by atoms with Crippen molar-refractivity contribution in [2.45, 2.75) is 13.5 Å². The molecule has 0 bridgehead atoms. The second-order valence-electron chi connectivity index (χ2n) is 8.27. The zero-order chi connectivity index (χ0) is 24.1. The Labute approximate surface area is 204 Å². The third-order valence-corrected chi connectivity index (χ3v) is 6.32. The number of halogens is 1. The summed E-state index contributed by atoms with van der Waals surface area (Å²) in [4.78, 5) is 29.5.